The normalized spacial score (nSPS) is 17.8. The van der Waals surface area contributed by atoms with Gasteiger partial charge in [0.2, 0.25) is 11.8 Å². The number of benzene rings is 1. The van der Waals surface area contributed by atoms with Crippen molar-refractivity contribution in [3.63, 3.8) is 0 Å². The van der Waals surface area contributed by atoms with Crippen LogP contribution in [-0.2, 0) is 9.59 Å². The third-order valence-electron chi connectivity index (χ3n) is 3.86. The Hall–Kier alpha value is -2.24. The lowest BCUT2D eigenvalue weighted by Gasteiger charge is -2.21. The highest BCUT2D eigenvalue weighted by Crippen LogP contribution is 2.33. The van der Waals surface area contributed by atoms with Gasteiger partial charge < -0.3 is 19.7 Å². The first-order valence-electron chi connectivity index (χ1n) is 8.05. The predicted octanol–water partition coefficient (Wildman–Crippen LogP) is 2.36. The monoisotopic (exact) mass is 334 g/mol. The van der Waals surface area contributed by atoms with E-state index >= 15 is 0 Å². The number of carbonyl (C=O) groups excluding carboxylic acids is 2. The van der Waals surface area contributed by atoms with Crippen LogP contribution in [0.1, 0.15) is 33.6 Å². The van der Waals surface area contributed by atoms with Gasteiger partial charge in [-0.25, -0.2) is 0 Å². The molecule has 24 heavy (non-hydrogen) atoms. The van der Waals surface area contributed by atoms with Crippen LogP contribution < -0.4 is 19.7 Å². The first kappa shape index (κ1) is 18.1. The van der Waals surface area contributed by atoms with Crippen molar-refractivity contribution >= 4 is 17.5 Å². The summed E-state index contributed by atoms with van der Waals surface area (Å²) in [6, 6.07) is 5.20. The molecule has 1 fully saturated rings. The lowest BCUT2D eigenvalue weighted by molar-refractivity contribution is -0.123. The zero-order chi connectivity index (χ0) is 17.9. The van der Waals surface area contributed by atoms with Crippen molar-refractivity contribution in [3.05, 3.63) is 18.2 Å². The number of hydrogen-bond acceptors (Lipinski definition) is 4. The number of carbonyl (C=O) groups is 2. The average molecular weight is 334 g/mol. The van der Waals surface area contributed by atoms with Crippen LogP contribution in [-0.4, -0.2) is 38.6 Å². The SMILES string of the molecule is COc1ccc(N2C[C@H](NC(=O)CC(C)(C)C)CC2=O)cc1OC. The zero-order valence-electron chi connectivity index (χ0n) is 15.0. The van der Waals surface area contributed by atoms with E-state index in [0.29, 0.717) is 30.9 Å². The molecule has 2 amide bonds. The minimum Gasteiger partial charge on any atom is -0.493 e. The lowest BCUT2D eigenvalue weighted by Crippen LogP contribution is -2.38. The third-order valence-corrected chi connectivity index (χ3v) is 3.86. The maximum atomic E-state index is 12.3. The summed E-state index contributed by atoms with van der Waals surface area (Å²) in [6.45, 7) is 6.51. The van der Waals surface area contributed by atoms with E-state index in [9.17, 15) is 9.59 Å². The standard InChI is InChI=1S/C18H26N2O4/c1-18(2,3)10-16(21)19-12-8-17(22)20(11-12)13-6-7-14(23-4)15(9-13)24-5/h6-7,9,12H,8,10-11H2,1-5H3,(H,19,21)/t12-/m1/s1. The molecule has 0 aromatic heterocycles. The number of nitrogens with one attached hydrogen (secondary N) is 1. The smallest absolute Gasteiger partial charge is 0.229 e. The molecule has 1 aliphatic heterocycles. The molecule has 1 aliphatic rings. The van der Waals surface area contributed by atoms with E-state index in [1.54, 1.807) is 31.3 Å². The highest BCUT2D eigenvalue weighted by atomic mass is 16.5. The third kappa shape index (κ3) is 4.40. The largest absolute Gasteiger partial charge is 0.493 e. The molecule has 132 valence electrons. The molecule has 6 nitrogen and oxygen atoms in total. The summed E-state index contributed by atoms with van der Waals surface area (Å²) in [5.74, 6) is 1.16. The van der Waals surface area contributed by atoms with Gasteiger partial charge in [0.15, 0.2) is 11.5 Å². The second kappa shape index (κ2) is 7.11. The van der Waals surface area contributed by atoms with E-state index in [-0.39, 0.29) is 23.3 Å². The molecule has 1 N–H and O–H groups in total. The van der Waals surface area contributed by atoms with Crippen LogP contribution in [0.25, 0.3) is 0 Å². The first-order valence-corrected chi connectivity index (χ1v) is 8.05. The highest BCUT2D eigenvalue weighted by Gasteiger charge is 2.32. The summed E-state index contributed by atoms with van der Waals surface area (Å²) < 4.78 is 10.5. The van der Waals surface area contributed by atoms with Crippen LogP contribution in [0.15, 0.2) is 18.2 Å². The molecule has 0 bridgehead atoms. The van der Waals surface area contributed by atoms with Crippen LogP contribution >= 0.6 is 0 Å². The Labute approximate surface area is 143 Å². The number of amides is 2. The first-order chi connectivity index (χ1) is 11.2. The van der Waals surface area contributed by atoms with E-state index in [2.05, 4.69) is 5.32 Å². The number of nitrogens with zero attached hydrogens (tertiary/aromatic N) is 1. The summed E-state index contributed by atoms with van der Waals surface area (Å²) in [6.07, 6.45) is 0.748. The molecular weight excluding hydrogens is 308 g/mol. The molecule has 2 rings (SSSR count). The summed E-state index contributed by atoms with van der Waals surface area (Å²) in [4.78, 5) is 26.1. The van der Waals surface area contributed by atoms with Crippen molar-refractivity contribution in [1.29, 1.82) is 0 Å². The lowest BCUT2D eigenvalue weighted by atomic mass is 9.92. The minimum atomic E-state index is -0.166. The fraction of sp³-hybridized carbons (Fsp3) is 0.556. The topological polar surface area (TPSA) is 67.9 Å². The Balaban J connectivity index is 2.06. The van der Waals surface area contributed by atoms with Crippen molar-refractivity contribution in [2.75, 3.05) is 25.7 Å². The fourth-order valence-electron chi connectivity index (χ4n) is 2.81. The van der Waals surface area contributed by atoms with Gasteiger partial charge in [0.1, 0.15) is 0 Å². The van der Waals surface area contributed by atoms with Crippen LogP contribution in [0.2, 0.25) is 0 Å². The van der Waals surface area contributed by atoms with Crippen molar-refractivity contribution in [2.24, 2.45) is 5.41 Å². The Morgan fingerprint density at radius 3 is 2.50 bits per heavy atom. The van der Waals surface area contributed by atoms with Crippen LogP contribution in [0.4, 0.5) is 5.69 Å². The Bertz CT molecular complexity index is 622. The van der Waals surface area contributed by atoms with Crippen molar-refractivity contribution in [3.8, 4) is 11.5 Å². The number of ether oxygens (including phenoxy) is 2. The number of rotatable bonds is 5. The van der Waals surface area contributed by atoms with Gasteiger partial charge in [0, 0.05) is 31.1 Å². The predicted molar refractivity (Wildman–Crippen MR) is 92.5 cm³/mol. The maximum Gasteiger partial charge on any atom is 0.229 e. The quantitative estimate of drug-likeness (QED) is 0.897. The number of hydrogen-bond donors (Lipinski definition) is 1. The summed E-state index contributed by atoms with van der Waals surface area (Å²) >= 11 is 0. The van der Waals surface area contributed by atoms with Crippen molar-refractivity contribution in [2.45, 2.75) is 39.7 Å². The average Bonchev–Trinajstić information content (AvgIpc) is 2.84. The second-order valence-electron chi connectivity index (χ2n) is 7.25. The minimum absolute atomic E-state index is 0.0109. The van der Waals surface area contributed by atoms with Gasteiger partial charge in [0.05, 0.1) is 20.3 Å². The molecule has 6 heteroatoms. The molecular formula is C18H26N2O4. The molecule has 0 aliphatic carbocycles. The Kier molecular flexibility index (Phi) is 5.36. The van der Waals surface area contributed by atoms with Crippen molar-refractivity contribution in [1.82, 2.24) is 5.32 Å². The number of methoxy groups -OCH3 is 2. The summed E-state index contributed by atoms with van der Waals surface area (Å²) in [5, 5.41) is 2.96. The van der Waals surface area contributed by atoms with Crippen molar-refractivity contribution < 1.29 is 19.1 Å². The van der Waals surface area contributed by atoms with Gasteiger partial charge in [-0.3, -0.25) is 9.59 Å². The van der Waals surface area contributed by atoms with Gasteiger partial charge in [-0.2, -0.15) is 0 Å². The fourth-order valence-corrected chi connectivity index (χ4v) is 2.81. The van der Waals surface area contributed by atoms with E-state index in [1.165, 1.54) is 0 Å². The molecule has 1 aromatic carbocycles. The molecule has 1 atom stereocenters. The molecule has 0 unspecified atom stereocenters. The molecule has 0 spiro atoms. The van der Waals surface area contributed by atoms with Crippen LogP contribution in [0.3, 0.4) is 0 Å². The van der Waals surface area contributed by atoms with Gasteiger partial charge in [0.25, 0.3) is 0 Å². The van der Waals surface area contributed by atoms with E-state index in [0.717, 1.165) is 5.69 Å². The molecule has 0 saturated carbocycles. The second-order valence-corrected chi connectivity index (χ2v) is 7.25. The molecule has 1 aromatic rings. The van der Waals surface area contributed by atoms with Gasteiger partial charge >= 0.3 is 0 Å². The highest BCUT2D eigenvalue weighted by molar-refractivity contribution is 5.97. The number of anilines is 1. The summed E-state index contributed by atoms with van der Waals surface area (Å²) in [5.41, 5.74) is 0.667. The van der Waals surface area contributed by atoms with Gasteiger partial charge in [-0.1, -0.05) is 20.8 Å². The molecule has 1 saturated heterocycles. The Morgan fingerprint density at radius 1 is 1.25 bits per heavy atom. The summed E-state index contributed by atoms with van der Waals surface area (Å²) in [7, 11) is 3.13. The molecule has 1 heterocycles. The van der Waals surface area contributed by atoms with E-state index in [4.69, 9.17) is 9.47 Å². The van der Waals surface area contributed by atoms with E-state index in [1.807, 2.05) is 26.8 Å². The van der Waals surface area contributed by atoms with E-state index < -0.39 is 0 Å². The van der Waals surface area contributed by atoms with Gasteiger partial charge in [-0.05, 0) is 17.5 Å². The Morgan fingerprint density at radius 2 is 1.92 bits per heavy atom. The zero-order valence-corrected chi connectivity index (χ0v) is 15.0. The molecule has 0 radical (unpaired) electrons. The van der Waals surface area contributed by atoms with Crippen LogP contribution in [0, 0.1) is 5.41 Å². The maximum absolute atomic E-state index is 12.3. The van der Waals surface area contributed by atoms with Gasteiger partial charge in [-0.15, -0.1) is 0 Å². The van der Waals surface area contributed by atoms with Crippen LogP contribution in [0.5, 0.6) is 11.5 Å².